The Morgan fingerprint density at radius 1 is 1.24 bits per heavy atom. The molecule has 0 bridgehead atoms. The van der Waals surface area contributed by atoms with Gasteiger partial charge < -0.3 is 18.8 Å². The number of esters is 1. The topological polar surface area (TPSA) is 48.0 Å². The maximum absolute atomic E-state index is 12.5. The molecular weight excluding hydrogens is 550 g/mol. The first-order chi connectivity index (χ1) is 19.4. The molecule has 41 heavy (non-hydrogen) atoms. The summed E-state index contributed by atoms with van der Waals surface area (Å²) >= 11 is 6.42. The van der Waals surface area contributed by atoms with Gasteiger partial charge in [-0.2, -0.15) is 0 Å². The Morgan fingerprint density at radius 3 is 2.68 bits per heavy atom. The molecule has 0 aromatic heterocycles. The van der Waals surface area contributed by atoms with Crippen LogP contribution in [0.25, 0.3) is 0 Å². The van der Waals surface area contributed by atoms with Crippen molar-refractivity contribution in [3.63, 3.8) is 0 Å². The quantitative estimate of drug-likeness (QED) is 0.183. The number of nitrogens with zero attached hydrogens (tertiary/aromatic N) is 1. The molecule has 1 aliphatic heterocycles. The average Bonchev–Trinajstić information content (AvgIpc) is 3.06. The second kappa shape index (κ2) is 11.4. The number of carbonyl (C=O) groups is 1. The number of hydrogen-bond acceptors (Lipinski definition) is 5. The monoisotopic (exact) mass is 595 g/mol. The van der Waals surface area contributed by atoms with E-state index in [0.717, 1.165) is 61.7 Å². The minimum Gasteiger partial charge on any atom is -0.490 e. The van der Waals surface area contributed by atoms with Gasteiger partial charge in [-0.25, -0.2) is 4.79 Å². The number of anilines is 1. The molecule has 1 heterocycles. The van der Waals surface area contributed by atoms with Crippen molar-refractivity contribution in [3.8, 4) is 5.75 Å². The number of carbonyl (C=O) groups excluding carboxylic acids is 1. The van der Waals surface area contributed by atoms with Crippen molar-refractivity contribution in [1.82, 2.24) is 0 Å². The summed E-state index contributed by atoms with van der Waals surface area (Å²) in [5.74, 6) is 1.37. The van der Waals surface area contributed by atoms with E-state index in [0.29, 0.717) is 24.0 Å². The molecule has 1 unspecified atom stereocenters. The highest BCUT2D eigenvalue weighted by atomic mass is 35.5. The fourth-order valence-electron chi connectivity index (χ4n) is 6.72. The Labute approximate surface area is 252 Å². The van der Waals surface area contributed by atoms with Crippen molar-refractivity contribution >= 4 is 31.6 Å². The second-order valence-electron chi connectivity index (χ2n) is 13.9. The molecular formula is C34H46ClNO4Si. The number of fused-ring (bicyclic) bond motifs is 3. The molecule has 2 aromatic rings. The molecule has 0 saturated heterocycles. The Bertz CT molecular complexity index is 1300. The van der Waals surface area contributed by atoms with Crippen LogP contribution < -0.4 is 9.64 Å². The van der Waals surface area contributed by atoms with Gasteiger partial charge in [0.05, 0.1) is 31.1 Å². The molecule has 5 rings (SSSR count). The number of rotatable bonds is 7. The van der Waals surface area contributed by atoms with E-state index in [4.69, 9.17) is 25.5 Å². The van der Waals surface area contributed by atoms with Crippen LogP contribution in [0.2, 0.25) is 23.2 Å². The lowest BCUT2D eigenvalue weighted by Gasteiger charge is -2.48. The number of methoxy groups -OCH3 is 1. The van der Waals surface area contributed by atoms with Crippen molar-refractivity contribution in [2.45, 2.75) is 82.5 Å². The van der Waals surface area contributed by atoms with Gasteiger partial charge in [0.15, 0.2) is 8.32 Å². The van der Waals surface area contributed by atoms with Gasteiger partial charge >= 0.3 is 5.97 Å². The number of hydrogen-bond donors (Lipinski definition) is 0. The van der Waals surface area contributed by atoms with Gasteiger partial charge in [-0.05, 0) is 104 Å². The summed E-state index contributed by atoms with van der Waals surface area (Å²) in [5, 5.41) is 0.926. The van der Waals surface area contributed by atoms with Gasteiger partial charge in [-0.3, -0.25) is 0 Å². The van der Waals surface area contributed by atoms with Crippen LogP contribution >= 0.6 is 11.6 Å². The smallest absolute Gasteiger partial charge is 0.337 e. The molecule has 5 nitrogen and oxygen atoms in total. The van der Waals surface area contributed by atoms with E-state index in [9.17, 15) is 4.79 Å². The van der Waals surface area contributed by atoms with E-state index < -0.39 is 8.32 Å². The highest BCUT2D eigenvalue weighted by Gasteiger charge is 2.46. The van der Waals surface area contributed by atoms with E-state index in [1.807, 2.05) is 30.3 Å². The lowest BCUT2D eigenvalue weighted by molar-refractivity contribution is 0.0528. The third kappa shape index (κ3) is 5.85. The Balaban J connectivity index is 1.49. The van der Waals surface area contributed by atoms with Gasteiger partial charge in [0, 0.05) is 23.5 Å². The minimum atomic E-state index is -1.95. The third-order valence-electron chi connectivity index (χ3n) is 10.3. The number of benzene rings is 2. The van der Waals surface area contributed by atoms with Crippen molar-refractivity contribution in [2.75, 3.05) is 31.7 Å². The summed E-state index contributed by atoms with van der Waals surface area (Å²) in [5.41, 5.74) is 4.02. The predicted octanol–water partition coefficient (Wildman–Crippen LogP) is 8.20. The van der Waals surface area contributed by atoms with Crippen molar-refractivity contribution in [1.29, 1.82) is 0 Å². The molecule has 3 aliphatic rings. The largest absolute Gasteiger partial charge is 0.490 e. The number of aryl methyl sites for hydroxylation is 1. The van der Waals surface area contributed by atoms with E-state index in [1.165, 1.54) is 18.2 Å². The van der Waals surface area contributed by atoms with Gasteiger partial charge in [0.25, 0.3) is 0 Å². The number of ether oxygens (including phenoxy) is 2. The first-order valence-corrected chi connectivity index (χ1v) is 18.4. The molecule has 7 heteroatoms. The standard InChI is InChI=1S/C34H46ClNO4Si/c1-8-30(40-41(6,7)33(2,3)4)27-14-11-25(27)20-36-21-34(17-9-10-23-18-26(35)13-15-28(23)34)22-39-31-16-12-24(19-29(31)36)32(37)38-5/h8,12-13,15-16,18-19,25,27,30H,1,9-11,14,17,20-22H2,2-7H3/t25-,27+,30-,34?/m0/s1. The SMILES string of the molecule is C=C[C@H](O[Si](C)(C)C(C)(C)C)[C@@H]1CC[C@H]1CN1CC2(CCCc3cc(Cl)ccc32)COc2ccc(C(=O)OC)cc21. The molecule has 2 aliphatic carbocycles. The Hall–Kier alpha value is -2.28. The van der Waals surface area contributed by atoms with Gasteiger partial charge in [0.2, 0.25) is 0 Å². The molecule has 2 aromatic carbocycles. The highest BCUT2D eigenvalue weighted by Crippen LogP contribution is 2.48. The molecule has 4 atom stereocenters. The number of halogens is 1. The van der Waals surface area contributed by atoms with Crippen LogP contribution in [-0.4, -0.2) is 47.2 Å². The van der Waals surface area contributed by atoms with Crippen LogP contribution in [0.5, 0.6) is 5.75 Å². The fourth-order valence-corrected chi connectivity index (χ4v) is 8.22. The first-order valence-electron chi connectivity index (χ1n) is 15.1. The van der Waals surface area contributed by atoms with Crippen molar-refractivity contribution in [2.24, 2.45) is 11.8 Å². The molecule has 0 amide bonds. The summed E-state index contributed by atoms with van der Waals surface area (Å²) in [6, 6.07) is 12.1. The average molecular weight is 596 g/mol. The van der Waals surface area contributed by atoms with Crippen LogP contribution in [-0.2, 0) is 21.0 Å². The zero-order chi connectivity index (χ0) is 29.6. The van der Waals surface area contributed by atoms with Gasteiger partial charge in [-0.15, -0.1) is 6.58 Å². The van der Waals surface area contributed by atoms with Crippen LogP contribution in [0.1, 0.15) is 67.9 Å². The summed E-state index contributed by atoms with van der Waals surface area (Å²) in [6.07, 6.45) is 7.56. The fraction of sp³-hybridized carbons (Fsp3) is 0.559. The minimum absolute atomic E-state index is 0.0465. The van der Waals surface area contributed by atoms with E-state index in [2.05, 4.69) is 57.5 Å². The van der Waals surface area contributed by atoms with E-state index in [-0.39, 0.29) is 22.5 Å². The van der Waals surface area contributed by atoms with Crippen LogP contribution in [0.15, 0.2) is 49.1 Å². The zero-order valence-corrected chi connectivity index (χ0v) is 27.4. The van der Waals surface area contributed by atoms with Gasteiger partial charge in [0.1, 0.15) is 5.75 Å². The van der Waals surface area contributed by atoms with Crippen LogP contribution in [0.4, 0.5) is 5.69 Å². The normalized spacial score (nSPS) is 24.8. The molecule has 1 spiro atoms. The third-order valence-corrected chi connectivity index (χ3v) is 15.0. The summed E-state index contributed by atoms with van der Waals surface area (Å²) in [4.78, 5) is 15.0. The summed E-state index contributed by atoms with van der Waals surface area (Å²) < 4.78 is 18.6. The summed E-state index contributed by atoms with van der Waals surface area (Å²) in [6.45, 7) is 18.0. The Morgan fingerprint density at radius 2 is 2.02 bits per heavy atom. The lowest BCUT2D eigenvalue weighted by atomic mass is 9.68. The second-order valence-corrected chi connectivity index (χ2v) is 19.1. The first kappa shape index (κ1) is 30.2. The van der Waals surface area contributed by atoms with Crippen LogP contribution in [0, 0.1) is 11.8 Å². The molecule has 0 radical (unpaired) electrons. The molecule has 1 fully saturated rings. The molecule has 222 valence electrons. The molecule has 0 N–H and O–H groups in total. The predicted molar refractivity (Wildman–Crippen MR) is 170 cm³/mol. The van der Waals surface area contributed by atoms with Gasteiger partial charge in [-0.1, -0.05) is 44.5 Å². The van der Waals surface area contributed by atoms with Crippen molar-refractivity contribution in [3.05, 3.63) is 70.8 Å². The van der Waals surface area contributed by atoms with Crippen molar-refractivity contribution < 1.29 is 18.7 Å². The lowest BCUT2D eigenvalue weighted by Crippen LogP contribution is -2.52. The molecule has 1 saturated carbocycles. The van der Waals surface area contributed by atoms with E-state index >= 15 is 0 Å². The van der Waals surface area contributed by atoms with E-state index in [1.54, 1.807) is 0 Å². The maximum Gasteiger partial charge on any atom is 0.337 e. The summed E-state index contributed by atoms with van der Waals surface area (Å²) in [7, 11) is -0.521. The zero-order valence-electron chi connectivity index (χ0n) is 25.6. The highest BCUT2D eigenvalue weighted by molar-refractivity contribution is 6.74. The Kier molecular flexibility index (Phi) is 8.41. The van der Waals surface area contributed by atoms with Crippen LogP contribution in [0.3, 0.4) is 0 Å². The maximum atomic E-state index is 12.5.